The molecule has 1 atom stereocenters. The number of aromatic nitrogens is 3. The Bertz CT molecular complexity index is 991. The number of nitrogens with zero attached hydrogens (tertiary/aromatic N) is 3. The van der Waals surface area contributed by atoms with E-state index in [9.17, 15) is 9.59 Å². The SMILES string of the molecule is O=C1C[C@H](C(=O)NCCc2ccccc2)n2nc(SCc3ccccc3)nc2N1. The van der Waals surface area contributed by atoms with E-state index >= 15 is 0 Å². The first-order valence-electron chi connectivity index (χ1n) is 9.44. The minimum atomic E-state index is -0.687. The van der Waals surface area contributed by atoms with Crippen LogP contribution in [0.4, 0.5) is 5.95 Å². The summed E-state index contributed by atoms with van der Waals surface area (Å²) >= 11 is 1.47. The number of carbonyl (C=O) groups excluding carboxylic acids is 2. The van der Waals surface area contributed by atoms with Gasteiger partial charge in [0.1, 0.15) is 6.04 Å². The van der Waals surface area contributed by atoms with Gasteiger partial charge in [-0.15, -0.1) is 5.10 Å². The van der Waals surface area contributed by atoms with Gasteiger partial charge < -0.3 is 5.32 Å². The molecule has 0 spiro atoms. The Labute approximate surface area is 172 Å². The number of benzene rings is 2. The van der Waals surface area contributed by atoms with Gasteiger partial charge in [-0.05, 0) is 17.5 Å². The molecule has 2 amide bonds. The van der Waals surface area contributed by atoms with Gasteiger partial charge in [0.05, 0.1) is 6.42 Å². The molecular weight excluding hydrogens is 386 g/mol. The second-order valence-corrected chi connectivity index (χ2v) is 7.67. The van der Waals surface area contributed by atoms with Crippen molar-refractivity contribution in [2.75, 3.05) is 11.9 Å². The van der Waals surface area contributed by atoms with Crippen molar-refractivity contribution in [1.82, 2.24) is 20.1 Å². The average molecular weight is 407 g/mol. The minimum Gasteiger partial charge on any atom is -0.354 e. The number of carbonyl (C=O) groups is 2. The van der Waals surface area contributed by atoms with Crippen molar-refractivity contribution in [1.29, 1.82) is 0 Å². The molecule has 0 bridgehead atoms. The van der Waals surface area contributed by atoms with Crippen LogP contribution < -0.4 is 10.6 Å². The van der Waals surface area contributed by atoms with E-state index < -0.39 is 6.04 Å². The highest BCUT2D eigenvalue weighted by Crippen LogP contribution is 2.27. The van der Waals surface area contributed by atoms with Crippen LogP contribution in [0.3, 0.4) is 0 Å². The third-order valence-electron chi connectivity index (χ3n) is 4.61. The zero-order valence-electron chi connectivity index (χ0n) is 15.7. The summed E-state index contributed by atoms with van der Waals surface area (Å²) in [4.78, 5) is 29.1. The number of hydrogen-bond acceptors (Lipinski definition) is 5. The first kappa shape index (κ1) is 19.2. The first-order valence-corrected chi connectivity index (χ1v) is 10.4. The smallest absolute Gasteiger partial charge is 0.245 e. The van der Waals surface area contributed by atoms with E-state index in [1.165, 1.54) is 16.4 Å². The van der Waals surface area contributed by atoms with E-state index in [4.69, 9.17) is 0 Å². The Morgan fingerprint density at radius 1 is 1.10 bits per heavy atom. The number of hydrogen-bond donors (Lipinski definition) is 2. The van der Waals surface area contributed by atoms with Crippen LogP contribution in [0.25, 0.3) is 0 Å². The Morgan fingerprint density at radius 3 is 2.52 bits per heavy atom. The Balaban J connectivity index is 1.40. The fourth-order valence-corrected chi connectivity index (χ4v) is 3.91. The quantitative estimate of drug-likeness (QED) is 0.588. The van der Waals surface area contributed by atoms with Gasteiger partial charge in [0, 0.05) is 12.3 Å². The lowest BCUT2D eigenvalue weighted by Gasteiger charge is -2.22. The standard InChI is InChI=1S/C21H21N5O2S/c27-18-13-17(19(28)22-12-11-15-7-3-1-4-8-15)26-20(23-18)24-21(25-26)29-14-16-9-5-2-6-10-16/h1-10,17H,11-14H2,(H,22,28)(H,23,24,25,27)/t17-/m1/s1. The van der Waals surface area contributed by atoms with Gasteiger partial charge in [0.2, 0.25) is 22.9 Å². The summed E-state index contributed by atoms with van der Waals surface area (Å²) in [6.45, 7) is 0.501. The largest absolute Gasteiger partial charge is 0.354 e. The van der Waals surface area contributed by atoms with Gasteiger partial charge in [-0.3, -0.25) is 14.9 Å². The van der Waals surface area contributed by atoms with Crippen molar-refractivity contribution in [3.05, 3.63) is 71.8 Å². The van der Waals surface area contributed by atoms with Crippen LogP contribution in [0.5, 0.6) is 0 Å². The highest BCUT2D eigenvalue weighted by atomic mass is 32.2. The van der Waals surface area contributed by atoms with Crippen LogP contribution in [-0.4, -0.2) is 33.1 Å². The number of thioether (sulfide) groups is 1. The summed E-state index contributed by atoms with van der Waals surface area (Å²) in [6.07, 6.45) is 0.782. The fraction of sp³-hybridized carbons (Fsp3) is 0.238. The molecule has 1 aliphatic heterocycles. The number of rotatable bonds is 7. The van der Waals surface area contributed by atoms with Crippen LogP contribution in [0, 0.1) is 0 Å². The molecule has 8 heteroatoms. The lowest BCUT2D eigenvalue weighted by Crippen LogP contribution is -2.39. The molecule has 7 nitrogen and oxygen atoms in total. The highest BCUT2D eigenvalue weighted by molar-refractivity contribution is 7.98. The normalized spacial score (nSPS) is 15.4. The number of anilines is 1. The maximum atomic E-state index is 12.7. The van der Waals surface area contributed by atoms with E-state index in [2.05, 4.69) is 20.7 Å². The summed E-state index contributed by atoms with van der Waals surface area (Å²) in [6, 6.07) is 19.3. The molecule has 1 aromatic heterocycles. The van der Waals surface area contributed by atoms with Gasteiger partial charge in [-0.1, -0.05) is 72.4 Å². The predicted octanol–water partition coefficient (Wildman–Crippen LogP) is 2.81. The molecule has 0 aliphatic carbocycles. The van der Waals surface area contributed by atoms with Crippen molar-refractivity contribution in [2.45, 2.75) is 29.8 Å². The number of amides is 2. The molecule has 0 radical (unpaired) electrons. The van der Waals surface area contributed by atoms with Crippen molar-refractivity contribution in [3.8, 4) is 0 Å². The molecule has 2 heterocycles. The zero-order chi connectivity index (χ0) is 20.1. The molecule has 3 aromatic rings. The molecule has 29 heavy (non-hydrogen) atoms. The van der Waals surface area contributed by atoms with Gasteiger partial charge in [-0.2, -0.15) is 4.98 Å². The second-order valence-electron chi connectivity index (χ2n) is 6.73. The van der Waals surface area contributed by atoms with Gasteiger partial charge in [0.25, 0.3) is 0 Å². The fourth-order valence-electron chi connectivity index (χ4n) is 3.12. The topological polar surface area (TPSA) is 88.9 Å². The Morgan fingerprint density at radius 2 is 1.79 bits per heavy atom. The minimum absolute atomic E-state index is 0.0519. The van der Waals surface area contributed by atoms with Crippen LogP contribution in [0.2, 0.25) is 0 Å². The van der Waals surface area contributed by atoms with E-state index in [1.807, 2.05) is 60.7 Å². The second kappa shape index (κ2) is 8.91. The van der Waals surface area contributed by atoms with E-state index in [-0.39, 0.29) is 18.2 Å². The van der Waals surface area contributed by atoms with Crippen LogP contribution in [0.15, 0.2) is 65.8 Å². The molecule has 4 rings (SSSR count). The van der Waals surface area contributed by atoms with Crippen molar-refractivity contribution < 1.29 is 9.59 Å². The summed E-state index contributed by atoms with van der Waals surface area (Å²) in [7, 11) is 0. The van der Waals surface area contributed by atoms with Gasteiger partial charge >= 0.3 is 0 Å². The molecule has 1 aliphatic rings. The average Bonchev–Trinajstić information content (AvgIpc) is 3.16. The Kier molecular flexibility index (Phi) is 5.90. The predicted molar refractivity (Wildman–Crippen MR) is 111 cm³/mol. The van der Waals surface area contributed by atoms with Crippen LogP contribution in [0.1, 0.15) is 23.6 Å². The maximum absolute atomic E-state index is 12.7. The van der Waals surface area contributed by atoms with Crippen molar-refractivity contribution in [3.63, 3.8) is 0 Å². The van der Waals surface area contributed by atoms with Crippen molar-refractivity contribution in [2.24, 2.45) is 0 Å². The lowest BCUT2D eigenvalue weighted by molar-refractivity contribution is -0.128. The summed E-state index contributed by atoms with van der Waals surface area (Å²) in [5.41, 5.74) is 2.31. The number of nitrogens with one attached hydrogen (secondary N) is 2. The highest BCUT2D eigenvalue weighted by Gasteiger charge is 2.32. The van der Waals surface area contributed by atoms with E-state index in [1.54, 1.807) is 0 Å². The third-order valence-corrected chi connectivity index (χ3v) is 5.51. The Hall–Kier alpha value is -3.13. The van der Waals surface area contributed by atoms with E-state index in [0.717, 1.165) is 17.5 Å². The van der Waals surface area contributed by atoms with Gasteiger partial charge in [0.15, 0.2) is 0 Å². The molecule has 0 unspecified atom stereocenters. The molecular formula is C21H21N5O2S. The summed E-state index contributed by atoms with van der Waals surface area (Å²) < 4.78 is 1.52. The molecule has 148 valence electrons. The van der Waals surface area contributed by atoms with Crippen molar-refractivity contribution >= 4 is 29.5 Å². The van der Waals surface area contributed by atoms with Crippen LogP contribution in [-0.2, 0) is 21.8 Å². The molecule has 0 saturated heterocycles. The first-order chi connectivity index (χ1) is 14.2. The lowest BCUT2D eigenvalue weighted by atomic mass is 10.1. The van der Waals surface area contributed by atoms with Gasteiger partial charge in [-0.25, -0.2) is 4.68 Å². The zero-order valence-corrected chi connectivity index (χ0v) is 16.6. The number of fused-ring (bicyclic) bond motifs is 1. The van der Waals surface area contributed by atoms with Crippen LogP contribution >= 0.6 is 11.8 Å². The molecule has 2 N–H and O–H groups in total. The van der Waals surface area contributed by atoms with E-state index in [0.29, 0.717) is 23.4 Å². The summed E-state index contributed by atoms with van der Waals surface area (Å²) in [5.74, 6) is 0.584. The summed E-state index contributed by atoms with van der Waals surface area (Å²) in [5, 5.41) is 10.6. The molecule has 2 aromatic carbocycles. The molecule has 0 saturated carbocycles. The third kappa shape index (κ3) is 4.83. The maximum Gasteiger partial charge on any atom is 0.245 e. The molecule has 0 fully saturated rings. The monoisotopic (exact) mass is 407 g/mol.